The van der Waals surface area contributed by atoms with E-state index in [0.717, 1.165) is 18.4 Å². The van der Waals surface area contributed by atoms with Crippen LogP contribution in [0.25, 0.3) is 10.9 Å². The van der Waals surface area contributed by atoms with Crippen molar-refractivity contribution in [2.75, 3.05) is 0 Å². The molecule has 102 valence electrons. The van der Waals surface area contributed by atoms with Crippen molar-refractivity contribution in [1.29, 1.82) is 0 Å². The van der Waals surface area contributed by atoms with Crippen molar-refractivity contribution >= 4 is 23.1 Å². The van der Waals surface area contributed by atoms with Gasteiger partial charge in [-0.15, -0.1) is 0 Å². The summed E-state index contributed by atoms with van der Waals surface area (Å²) in [7, 11) is 0. The molecule has 1 aromatic heterocycles. The summed E-state index contributed by atoms with van der Waals surface area (Å²) >= 11 is 5.37. The summed E-state index contributed by atoms with van der Waals surface area (Å²) in [6.07, 6.45) is 2.09. The monoisotopic (exact) mass is 276 g/mol. The molecule has 1 N–H and O–H groups in total. The molecule has 0 spiro atoms. The number of nitrogens with zero attached hydrogens (tertiary/aromatic N) is 1. The highest BCUT2D eigenvalue weighted by atomic mass is 32.1. The molecule has 2 aromatic rings. The Balaban J connectivity index is 2.67. The molecule has 3 nitrogen and oxygen atoms in total. The minimum absolute atomic E-state index is 0.0127. The third-order valence-corrected chi connectivity index (χ3v) is 4.27. The zero-order chi connectivity index (χ0) is 14.0. The molecule has 0 saturated heterocycles. The first-order valence-electron chi connectivity index (χ1n) is 6.83. The summed E-state index contributed by atoms with van der Waals surface area (Å²) in [6, 6.07) is 7.64. The molecule has 1 atom stereocenters. The van der Waals surface area contributed by atoms with Crippen LogP contribution < -0.4 is 5.56 Å². The predicted molar refractivity (Wildman–Crippen MR) is 82.2 cm³/mol. The summed E-state index contributed by atoms with van der Waals surface area (Å²) in [5, 5.41) is 0.703. The van der Waals surface area contributed by atoms with Gasteiger partial charge < -0.3 is 4.98 Å². The molecule has 1 heterocycles. The standard InChI is InChI=1S/C15H20N2OS/c1-4-11(5-2)10(3)17-14(18)12-8-6-7-9-13(12)16-15(17)19/h6-11H,4-5H2,1-3H3,(H,16,19). The van der Waals surface area contributed by atoms with Gasteiger partial charge in [0.25, 0.3) is 5.56 Å². The fourth-order valence-electron chi connectivity index (χ4n) is 2.73. The number of aromatic nitrogens is 2. The molecule has 0 fully saturated rings. The number of benzene rings is 1. The third kappa shape index (κ3) is 2.50. The second-order valence-electron chi connectivity index (χ2n) is 4.97. The van der Waals surface area contributed by atoms with Crippen molar-refractivity contribution in [3.8, 4) is 0 Å². The molecule has 1 unspecified atom stereocenters. The Morgan fingerprint density at radius 3 is 2.53 bits per heavy atom. The Hall–Kier alpha value is -1.42. The summed E-state index contributed by atoms with van der Waals surface area (Å²) in [6.45, 7) is 6.39. The first-order chi connectivity index (χ1) is 9.10. The van der Waals surface area contributed by atoms with Crippen molar-refractivity contribution in [2.24, 2.45) is 5.92 Å². The number of H-pyrrole nitrogens is 1. The lowest BCUT2D eigenvalue weighted by Crippen LogP contribution is -2.29. The van der Waals surface area contributed by atoms with Gasteiger partial charge >= 0.3 is 0 Å². The van der Waals surface area contributed by atoms with Crippen LogP contribution in [0.3, 0.4) is 0 Å². The molecule has 2 rings (SSSR count). The average molecular weight is 276 g/mol. The van der Waals surface area contributed by atoms with E-state index in [1.165, 1.54) is 0 Å². The van der Waals surface area contributed by atoms with Gasteiger partial charge in [-0.1, -0.05) is 38.8 Å². The van der Waals surface area contributed by atoms with Crippen LogP contribution in [-0.4, -0.2) is 9.55 Å². The number of rotatable bonds is 4. The van der Waals surface area contributed by atoms with Crippen molar-refractivity contribution in [1.82, 2.24) is 9.55 Å². The van der Waals surface area contributed by atoms with Crippen molar-refractivity contribution in [2.45, 2.75) is 39.7 Å². The van der Waals surface area contributed by atoms with E-state index in [1.54, 1.807) is 4.57 Å². The molecule has 19 heavy (non-hydrogen) atoms. The molecule has 1 aromatic carbocycles. The van der Waals surface area contributed by atoms with Crippen LogP contribution >= 0.6 is 12.2 Å². The van der Waals surface area contributed by atoms with Crippen molar-refractivity contribution in [3.63, 3.8) is 0 Å². The maximum absolute atomic E-state index is 12.6. The Kier molecular flexibility index (Phi) is 4.20. The fourth-order valence-corrected chi connectivity index (χ4v) is 3.09. The van der Waals surface area contributed by atoms with E-state index in [1.807, 2.05) is 24.3 Å². The van der Waals surface area contributed by atoms with Crippen LogP contribution in [0.1, 0.15) is 39.7 Å². The topological polar surface area (TPSA) is 37.8 Å². The molecule has 0 bridgehead atoms. The zero-order valence-electron chi connectivity index (χ0n) is 11.6. The first-order valence-corrected chi connectivity index (χ1v) is 7.24. The Morgan fingerprint density at radius 2 is 1.89 bits per heavy atom. The van der Waals surface area contributed by atoms with Gasteiger partial charge in [0, 0.05) is 6.04 Å². The largest absolute Gasteiger partial charge is 0.332 e. The Labute approximate surface area is 118 Å². The quantitative estimate of drug-likeness (QED) is 0.855. The van der Waals surface area contributed by atoms with Gasteiger partial charge in [-0.05, 0) is 37.2 Å². The van der Waals surface area contributed by atoms with Crippen LogP contribution in [0.4, 0.5) is 0 Å². The zero-order valence-corrected chi connectivity index (χ0v) is 12.5. The number of aromatic amines is 1. The van der Waals surface area contributed by atoms with E-state index >= 15 is 0 Å². The number of para-hydroxylation sites is 1. The Morgan fingerprint density at radius 1 is 1.26 bits per heavy atom. The van der Waals surface area contributed by atoms with Crippen LogP contribution in [0.5, 0.6) is 0 Å². The summed E-state index contributed by atoms with van der Waals surface area (Å²) in [5.41, 5.74) is 0.823. The van der Waals surface area contributed by atoms with E-state index in [2.05, 4.69) is 25.8 Å². The fraction of sp³-hybridized carbons (Fsp3) is 0.467. The normalized spacial score (nSPS) is 13.1. The minimum Gasteiger partial charge on any atom is -0.332 e. The number of fused-ring (bicyclic) bond motifs is 1. The lowest BCUT2D eigenvalue weighted by molar-refractivity contribution is 0.323. The van der Waals surface area contributed by atoms with Crippen LogP contribution in [0, 0.1) is 10.7 Å². The van der Waals surface area contributed by atoms with Gasteiger partial charge in [0.15, 0.2) is 4.77 Å². The van der Waals surface area contributed by atoms with E-state index in [9.17, 15) is 4.79 Å². The van der Waals surface area contributed by atoms with Crippen molar-refractivity contribution in [3.05, 3.63) is 39.4 Å². The smallest absolute Gasteiger partial charge is 0.262 e. The first kappa shape index (κ1) is 14.0. The highest BCUT2D eigenvalue weighted by Crippen LogP contribution is 2.23. The minimum atomic E-state index is 0.0127. The molecule has 0 aliphatic carbocycles. The highest BCUT2D eigenvalue weighted by molar-refractivity contribution is 7.71. The van der Waals surface area contributed by atoms with E-state index in [0.29, 0.717) is 16.1 Å². The number of hydrogen-bond acceptors (Lipinski definition) is 2. The lowest BCUT2D eigenvalue weighted by atomic mass is 9.95. The molecule has 0 aliphatic heterocycles. The molecule has 4 heteroatoms. The number of hydrogen-bond donors (Lipinski definition) is 1. The van der Waals surface area contributed by atoms with E-state index < -0.39 is 0 Å². The van der Waals surface area contributed by atoms with Gasteiger partial charge in [-0.25, -0.2) is 0 Å². The summed E-state index contributed by atoms with van der Waals surface area (Å²) in [4.78, 5) is 15.8. The maximum Gasteiger partial charge on any atom is 0.262 e. The Bertz CT molecular complexity index is 682. The molecule has 0 radical (unpaired) electrons. The summed E-state index contributed by atoms with van der Waals surface area (Å²) < 4.78 is 2.25. The molecule has 0 amide bonds. The van der Waals surface area contributed by atoms with Crippen molar-refractivity contribution < 1.29 is 0 Å². The predicted octanol–water partition coefficient (Wildman–Crippen LogP) is 4.06. The second-order valence-corrected chi connectivity index (χ2v) is 5.35. The van der Waals surface area contributed by atoms with Crippen LogP contribution in [0.15, 0.2) is 29.1 Å². The second kappa shape index (κ2) is 5.70. The van der Waals surface area contributed by atoms with Gasteiger partial charge in [-0.2, -0.15) is 0 Å². The number of nitrogens with one attached hydrogen (secondary N) is 1. The molecular formula is C15H20N2OS. The summed E-state index contributed by atoms with van der Waals surface area (Å²) in [5.74, 6) is 0.467. The highest BCUT2D eigenvalue weighted by Gasteiger charge is 2.18. The van der Waals surface area contributed by atoms with Gasteiger partial charge in [0.1, 0.15) is 0 Å². The maximum atomic E-state index is 12.6. The van der Waals surface area contributed by atoms with E-state index in [4.69, 9.17) is 12.2 Å². The van der Waals surface area contributed by atoms with E-state index in [-0.39, 0.29) is 11.6 Å². The van der Waals surface area contributed by atoms with Gasteiger partial charge in [0.2, 0.25) is 0 Å². The average Bonchev–Trinajstić information content (AvgIpc) is 2.40. The SMILES string of the molecule is CCC(CC)C(C)n1c(=S)[nH]c2ccccc2c1=O. The van der Waals surface area contributed by atoms with Gasteiger partial charge in [0.05, 0.1) is 10.9 Å². The third-order valence-electron chi connectivity index (χ3n) is 3.97. The molecular weight excluding hydrogens is 256 g/mol. The lowest BCUT2D eigenvalue weighted by Gasteiger charge is -2.23. The van der Waals surface area contributed by atoms with Crippen LogP contribution in [-0.2, 0) is 0 Å². The molecule has 0 aliphatic rings. The molecule has 0 saturated carbocycles. The van der Waals surface area contributed by atoms with Gasteiger partial charge in [-0.3, -0.25) is 9.36 Å². The van der Waals surface area contributed by atoms with Crippen LogP contribution in [0.2, 0.25) is 0 Å².